The third-order valence-electron chi connectivity index (χ3n) is 7.61. The predicted octanol–water partition coefficient (Wildman–Crippen LogP) is 10.2. The summed E-state index contributed by atoms with van der Waals surface area (Å²) in [5.74, 6) is 1.99. The Balaban J connectivity index is 1.42. The Morgan fingerprint density at radius 3 is 1.28 bits per heavy atom. The molecule has 6 aromatic carbocycles. The van der Waals surface area contributed by atoms with Crippen LogP contribution in [0.1, 0.15) is 5.82 Å². The van der Waals surface area contributed by atoms with Crippen LogP contribution in [0, 0.1) is 6.92 Å². The van der Waals surface area contributed by atoms with Gasteiger partial charge < -0.3 is 0 Å². The highest BCUT2D eigenvalue weighted by molar-refractivity contribution is 5.86. The molecule has 0 N–H and O–H groups in total. The SMILES string of the molecule is Cc1nc(-c2cc(-c3ccccc3)cc(-c3ccccc3)c2)nc(-c2cc(-c3ccccc3)ccc2-c2ccccc2)n1. The smallest absolute Gasteiger partial charge is 0.164 e. The van der Waals surface area contributed by atoms with Crippen LogP contribution in [0.3, 0.4) is 0 Å². The highest BCUT2D eigenvalue weighted by Gasteiger charge is 2.16. The Kier molecular flexibility index (Phi) is 7.12. The van der Waals surface area contributed by atoms with Crippen LogP contribution in [0.2, 0.25) is 0 Å². The van der Waals surface area contributed by atoms with Gasteiger partial charge in [-0.3, -0.25) is 0 Å². The van der Waals surface area contributed by atoms with Crippen LogP contribution in [-0.4, -0.2) is 15.0 Å². The molecule has 0 aliphatic rings. The van der Waals surface area contributed by atoms with E-state index in [0.29, 0.717) is 17.5 Å². The summed E-state index contributed by atoms with van der Waals surface area (Å²) < 4.78 is 0. The number of hydrogen-bond donors (Lipinski definition) is 0. The summed E-state index contributed by atoms with van der Waals surface area (Å²) in [5.41, 5.74) is 10.9. The molecule has 0 aliphatic heterocycles. The molecule has 0 saturated heterocycles. The first-order valence-electron chi connectivity index (χ1n) is 14.5. The van der Waals surface area contributed by atoms with Crippen LogP contribution in [-0.2, 0) is 0 Å². The van der Waals surface area contributed by atoms with Crippen LogP contribution in [0.5, 0.6) is 0 Å². The van der Waals surface area contributed by atoms with E-state index < -0.39 is 0 Å². The molecule has 0 radical (unpaired) electrons. The first-order chi connectivity index (χ1) is 21.2. The van der Waals surface area contributed by atoms with E-state index >= 15 is 0 Å². The van der Waals surface area contributed by atoms with Gasteiger partial charge in [0, 0.05) is 11.1 Å². The van der Waals surface area contributed by atoms with E-state index in [1.54, 1.807) is 0 Å². The molecular formula is C40H29N3. The monoisotopic (exact) mass is 551 g/mol. The average molecular weight is 552 g/mol. The van der Waals surface area contributed by atoms with Crippen molar-refractivity contribution in [1.82, 2.24) is 15.0 Å². The van der Waals surface area contributed by atoms with Gasteiger partial charge in [-0.15, -0.1) is 0 Å². The second kappa shape index (κ2) is 11.7. The molecule has 3 heteroatoms. The van der Waals surface area contributed by atoms with Crippen molar-refractivity contribution < 1.29 is 0 Å². The molecule has 1 heterocycles. The number of aryl methyl sites for hydroxylation is 1. The average Bonchev–Trinajstić information content (AvgIpc) is 3.09. The number of aromatic nitrogens is 3. The lowest BCUT2D eigenvalue weighted by atomic mass is 9.94. The number of hydrogen-bond acceptors (Lipinski definition) is 3. The second-order valence-corrected chi connectivity index (χ2v) is 10.6. The summed E-state index contributed by atoms with van der Waals surface area (Å²) in [6.45, 7) is 1.94. The molecular weight excluding hydrogens is 522 g/mol. The van der Waals surface area contributed by atoms with Crippen molar-refractivity contribution in [3.05, 3.63) is 164 Å². The maximum atomic E-state index is 5.14. The molecule has 0 bridgehead atoms. The maximum absolute atomic E-state index is 5.14. The number of rotatable bonds is 6. The van der Waals surface area contributed by atoms with Gasteiger partial charge in [-0.05, 0) is 75.7 Å². The Morgan fingerprint density at radius 1 is 0.302 bits per heavy atom. The first-order valence-corrected chi connectivity index (χ1v) is 14.5. The lowest BCUT2D eigenvalue weighted by molar-refractivity contribution is 0.992. The molecule has 0 atom stereocenters. The van der Waals surface area contributed by atoms with Crippen molar-refractivity contribution >= 4 is 0 Å². The molecule has 0 fully saturated rings. The largest absolute Gasteiger partial charge is 0.213 e. The zero-order valence-corrected chi connectivity index (χ0v) is 23.9. The number of nitrogens with zero attached hydrogens (tertiary/aromatic N) is 3. The summed E-state index contributed by atoms with van der Waals surface area (Å²) in [5, 5.41) is 0. The van der Waals surface area contributed by atoms with Crippen LogP contribution < -0.4 is 0 Å². The van der Waals surface area contributed by atoms with Gasteiger partial charge in [0.25, 0.3) is 0 Å². The normalized spacial score (nSPS) is 10.9. The van der Waals surface area contributed by atoms with Crippen molar-refractivity contribution in [2.24, 2.45) is 0 Å². The van der Waals surface area contributed by atoms with Gasteiger partial charge in [0.1, 0.15) is 5.82 Å². The Bertz CT molecular complexity index is 1950. The topological polar surface area (TPSA) is 38.7 Å². The van der Waals surface area contributed by atoms with Gasteiger partial charge in [0.05, 0.1) is 0 Å². The van der Waals surface area contributed by atoms with E-state index in [-0.39, 0.29) is 0 Å². The quantitative estimate of drug-likeness (QED) is 0.206. The van der Waals surface area contributed by atoms with E-state index in [9.17, 15) is 0 Å². The van der Waals surface area contributed by atoms with Gasteiger partial charge >= 0.3 is 0 Å². The third-order valence-corrected chi connectivity index (χ3v) is 7.61. The maximum Gasteiger partial charge on any atom is 0.164 e. The van der Waals surface area contributed by atoms with Crippen molar-refractivity contribution in [2.45, 2.75) is 6.92 Å². The minimum atomic E-state index is 0.654. The molecule has 43 heavy (non-hydrogen) atoms. The van der Waals surface area contributed by atoms with Gasteiger partial charge in [-0.2, -0.15) is 0 Å². The second-order valence-electron chi connectivity index (χ2n) is 10.6. The summed E-state index contributed by atoms with van der Waals surface area (Å²) in [6, 6.07) is 54.9. The zero-order chi connectivity index (χ0) is 29.0. The lowest BCUT2D eigenvalue weighted by Crippen LogP contribution is -2.01. The molecule has 0 spiro atoms. The van der Waals surface area contributed by atoms with Gasteiger partial charge in [0.15, 0.2) is 11.6 Å². The van der Waals surface area contributed by atoms with E-state index in [1.807, 2.05) is 31.2 Å². The van der Waals surface area contributed by atoms with Crippen molar-refractivity contribution in [1.29, 1.82) is 0 Å². The van der Waals surface area contributed by atoms with Crippen molar-refractivity contribution in [3.8, 4) is 67.3 Å². The fraction of sp³-hybridized carbons (Fsp3) is 0.0250. The fourth-order valence-corrected chi connectivity index (χ4v) is 5.49. The molecule has 0 unspecified atom stereocenters. The Labute approximate surface area is 252 Å². The molecule has 1 aromatic heterocycles. The summed E-state index contributed by atoms with van der Waals surface area (Å²) in [4.78, 5) is 14.9. The highest BCUT2D eigenvalue weighted by atomic mass is 15.0. The van der Waals surface area contributed by atoms with E-state index in [2.05, 4.69) is 133 Å². The number of benzene rings is 6. The summed E-state index contributed by atoms with van der Waals surface area (Å²) in [7, 11) is 0. The Hall–Kier alpha value is -5.67. The van der Waals surface area contributed by atoms with Crippen LogP contribution in [0.25, 0.3) is 67.3 Å². The molecule has 204 valence electrons. The molecule has 0 saturated carbocycles. The standard InChI is InChI=1S/C40H29N3/c1-28-41-39(36-25-34(30-16-8-3-9-17-30)24-35(26-36)31-18-10-4-11-19-31)43-40(42-28)38-27-33(29-14-6-2-7-15-29)22-23-37(38)32-20-12-5-13-21-32/h2-27H,1H3. The van der Waals surface area contributed by atoms with Crippen LogP contribution >= 0.6 is 0 Å². The Morgan fingerprint density at radius 2 is 0.744 bits per heavy atom. The van der Waals surface area contributed by atoms with Gasteiger partial charge in [0.2, 0.25) is 0 Å². The molecule has 0 amide bonds. The molecule has 0 aliphatic carbocycles. The van der Waals surface area contributed by atoms with Gasteiger partial charge in [-0.25, -0.2) is 15.0 Å². The van der Waals surface area contributed by atoms with Crippen molar-refractivity contribution in [3.63, 3.8) is 0 Å². The van der Waals surface area contributed by atoms with Crippen molar-refractivity contribution in [2.75, 3.05) is 0 Å². The molecule has 7 aromatic rings. The first kappa shape index (κ1) is 26.2. The van der Waals surface area contributed by atoms with Crippen LogP contribution in [0.15, 0.2) is 158 Å². The lowest BCUT2D eigenvalue weighted by Gasteiger charge is -2.14. The fourth-order valence-electron chi connectivity index (χ4n) is 5.49. The summed E-state index contributed by atoms with van der Waals surface area (Å²) in [6.07, 6.45) is 0. The van der Waals surface area contributed by atoms with Crippen LogP contribution in [0.4, 0.5) is 0 Å². The van der Waals surface area contributed by atoms with E-state index in [1.165, 1.54) is 0 Å². The van der Waals surface area contributed by atoms with E-state index in [4.69, 9.17) is 15.0 Å². The molecule has 7 rings (SSSR count). The van der Waals surface area contributed by atoms with E-state index in [0.717, 1.165) is 55.6 Å². The molecule has 3 nitrogen and oxygen atoms in total. The highest BCUT2D eigenvalue weighted by Crippen LogP contribution is 2.36. The predicted molar refractivity (Wildman–Crippen MR) is 177 cm³/mol. The third kappa shape index (κ3) is 5.61. The summed E-state index contributed by atoms with van der Waals surface area (Å²) >= 11 is 0. The minimum Gasteiger partial charge on any atom is -0.213 e. The minimum absolute atomic E-state index is 0.654. The van der Waals surface area contributed by atoms with Gasteiger partial charge in [-0.1, -0.05) is 133 Å². The zero-order valence-electron chi connectivity index (χ0n) is 23.9.